The van der Waals surface area contributed by atoms with Crippen LogP contribution in [-0.4, -0.2) is 10.4 Å². The van der Waals surface area contributed by atoms with E-state index < -0.39 is 0 Å². The number of aryl methyl sites for hydroxylation is 1. The van der Waals surface area contributed by atoms with Gasteiger partial charge >= 0.3 is 5.76 Å². The normalized spacial score (nSPS) is 11.1. The number of fused-ring (bicyclic) bond motifs is 1. The largest absolute Gasteiger partial charge is 0.419 e. The third-order valence-corrected chi connectivity index (χ3v) is 2.65. The molecule has 0 bridgehead atoms. The molecule has 5 heteroatoms. The molecule has 0 N–H and O–H groups in total. The molecule has 0 amide bonds. The number of nitrogens with zero attached hydrogens (tertiary/aromatic N) is 1. The molecule has 0 aliphatic carbocycles. The Morgan fingerprint density at radius 2 is 2.20 bits per heavy atom. The fourth-order valence-electron chi connectivity index (χ4n) is 1.47. The minimum absolute atomic E-state index is 0.364. The summed E-state index contributed by atoms with van der Waals surface area (Å²) in [6.45, 7) is 0.566. The quantitative estimate of drug-likeness (QED) is 0.780. The average Bonchev–Trinajstić information content (AvgIpc) is 2.50. The zero-order valence-corrected chi connectivity index (χ0v) is 9.38. The van der Waals surface area contributed by atoms with E-state index in [-0.39, 0.29) is 5.76 Å². The molecule has 2 aromatic rings. The van der Waals surface area contributed by atoms with Gasteiger partial charge in [0.1, 0.15) is 0 Å². The molecule has 0 saturated carbocycles. The van der Waals surface area contributed by atoms with Crippen LogP contribution in [0.3, 0.4) is 0 Å². The number of halogens is 2. The molecule has 0 aliphatic rings. The average molecular weight is 246 g/mol. The fourth-order valence-corrected chi connectivity index (χ4v) is 1.75. The van der Waals surface area contributed by atoms with Crippen LogP contribution in [0.4, 0.5) is 0 Å². The number of benzene rings is 1. The van der Waals surface area contributed by atoms with Gasteiger partial charge < -0.3 is 4.42 Å². The van der Waals surface area contributed by atoms with Gasteiger partial charge in [-0.3, -0.25) is 4.57 Å². The van der Waals surface area contributed by atoms with Gasteiger partial charge in [-0.15, -0.1) is 11.6 Å². The summed E-state index contributed by atoms with van der Waals surface area (Å²) in [7, 11) is 0. The van der Waals surface area contributed by atoms with Crippen molar-refractivity contribution >= 4 is 34.3 Å². The summed E-state index contributed by atoms with van der Waals surface area (Å²) in [6, 6.07) is 5.14. The molecule has 80 valence electrons. The van der Waals surface area contributed by atoms with Crippen LogP contribution < -0.4 is 5.76 Å². The van der Waals surface area contributed by atoms with E-state index in [1.807, 2.05) is 0 Å². The molecule has 3 nitrogen and oxygen atoms in total. The van der Waals surface area contributed by atoms with E-state index in [4.69, 9.17) is 27.6 Å². The third-order valence-electron chi connectivity index (χ3n) is 2.15. The molecule has 0 unspecified atom stereocenters. The highest BCUT2D eigenvalue weighted by Crippen LogP contribution is 2.18. The van der Waals surface area contributed by atoms with Crippen LogP contribution in [0.5, 0.6) is 0 Å². The highest BCUT2D eigenvalue weighted by molar-refractivity contribution is 6.31. The Morgan fingerprint density at radius 3 is 2.93 bits per heavy atom. The smallest absolute Gasteiger partial charge is 0.408 e. The zero-order chi connectivity index (χ0) is 10.8. The molecule has 0 fully saturated rings. The predicted octanol–water partition coefficient (Wildman–Crippen LogP) is 2.88. The molecule has 15 heavy (non-hydrogen) atoms. The molecule has 1 aromatic carbocycles. The van der Waals surface area contributed by atoms with Crippen molar-refractivity contribution in [1.29, 1.82) is 0 Å². The van der Waals surface area contributed by atoms with Crippen LogP contribution in [0.15, 0.2) is 27.4 Å². The van der Waals surface area contributed by atoms with E-state index in [0.29, 0.717) is 23.0 Å². The first-order valence-corrected chi connectivity index (χ1v) is 5.48. The minimum atomic E-state index is -0.364. The predicted molar refractivity (Wildman–Crippen MR) is 60.8 cm³/mol. The van der Waals surface area contributed by atoms with Crippen molar-refractivity contribution < 1.29 is 4.42 Å². The van der Waals surface area contributed by atoms with Crippen LogP contribution in [0.1, 0.15) is 6.42 Å². The van der Waals surface area contributed by atoms with Gasteiger partial charge in [-0.1, -0.05) is 11.6 Å². The van der Waals surface area contributed by atoms with Gasteiger partial charge in [0.25, 0.3) is 0 Å². The minimum Gasteiger partial charge on any atom is -0.408 e. The summed E-state index contributed by atoms with van der Waals surface area (Å²) in [5.41, 5.74) is 1.27. The van der Waals surface area contributed by atoms with Crippen LogP contribution in [0.25, 0.3) is 11.1 Å². The van der Waals surface area contributed by atoms with Crippen LogP contribution in [0.2, 0.25) is 5.02 Å². The van der Waals surface area contributed by atoms with Gasteiger partial charge in [0.05, 0.1) is 5.52 Å². The molecule has 0 aliphatic heterocycles. The Hall–Kier alpha value is -0.930. The highest BCUT2D eigenvalue weighted by atomic mass is 35.5. The van der Waals surface area contributed by atoms with Crippen LogP contribution >= 0.6 is 23.2 Å². The lowest BCUT2D eigenvalue weighted by molar-refractivity contribution is 0.503. The first-order valence-electron chi connectivity index (χ1n) is 4.57. The monoisotopic (exact) mass is 245 g/mol. The number of oxazole rings is 1. The molecule has 0 spiro atoms. The van der Waals surface area contributed by atoms with E-state index in [2.05, 4.69) is 0 Å². The topological polar surface area (TPSA) is 35.1 Å². The lowest BCUT2D eigenvalue weighted by Gasteiger charge is -1.98. The fraction of sp³-hybridized carbons (Fsp3) is 0.300. The van der Waals surface area contributed by atoms with Crippen molar-refractivity contribution in [3.8, 4) is 0 Å². The van der Waals surface area contributed by atoms with Gasteiger partial charge in [0.15, 0.2) is 5.58 Å². The van der Waals surface area contributed by atoms with E-state index in [1.165, 1.54) is 0 Å². The molecular formula is C10H9Cl2NO2. The second-order valence-corrected chi connectivity index (χ2v) is 3.99. The lowest BCUT2D eigenvalue weighted by atomic mass is 10.3. The molecule has 1 heterocycles. The summed E-state index contributed by atoms with van der Waals surface area (Å²) >= 11 is 11.4. The van der Waals surface area contributed by atoms with Crippen molar-refractivity contribution in [1.82, 2.24) is 4.57 Å². The standard InChI is InChI=1S/C10H9Cl2NO2/c11-4-1-5-13-8-3-2-7(12)6-9(8)15-10(13)14/h2-3,6H,1,4-5H2. The maximum absolute atomic E-state index is 11.5. The van der Waals surface area contributed by atoms with E-state index in [1.54, 1.807) is 22.8 Å². The molecule has 1 aromatic heterocycles. The molecular weight excluding hydrogens is 237 g/mol. The van der Waals surface area contributed by atoms with Gasteiger partial charge in [0, 0.05) is 23.5 Å². The number of hydrogen-bond donors (Lipinski definition) is 0. The summed E-state index contributed by atoms with van der Waals surface area (Å²) in [4.78, 5) is 11.5. The summed E-state index contributed by atoms with van der Waals surface area (Å²) in [5, 5.41) is 0.556. The van der Waals surface area contributed by atoms with Gasteiger partial charge in [0.2, 0.25) is 0 Å². The Morgan fingerprint density at radius 1 is 1.40 bits per heavy atom. The Bertz CT molecular complexity index is 530. The van der Waals surface area contributed by atoms with E-state index in [9.17, 15) is 4.79 Å². The molecule has 2 rings (SSSR count). The van der Waals surface area contributed by atoms with E-state index >= 15 is 0 Å². The van der Waals surface area contributed by atoms with Crippen molar-refractivity contribution in [3.63, 3.8) is 0 Å². The highest BCUT2D eigenvalue weighted by Gasteiger charge is 2.08. The van der Waals surface area contributed by atoms with Crippen molar-refractivity contribution in [2.75, 3.05) is 5.88 Å². The Balaban J connectivity index is 2.53. The first-order chi connectivity index (χ1) is 7.22. The number of aromatic nitrogens is 1. The zero-order valence-electron chi connectivity index (χ0n) is 7.87. The number of hydrogen-bond acceptors (Lipinski definition) is 2. The Kier molecular flexibility index (Phi) is 3.03. The number of rotatable bonds is 3. The van der Waals surface area contributed by atoms with Crippen molar-refractivity contribution in [3.05, 3.63) is 33.8 Å². The van der Waals surface area contributed by atoms with E-state index in [0.717, 1.165) is 11.9 Å². The van der Waals surface area contributed by atoms with Crippen LogP contribution in [-0.2, 0) is 6.54 Å². The van der Waals surface area contributed by atoms with Crippen molar-refractivity contribution in [2.24, 2.45) is 0 Å². The second-order valence-electron chi connectivity index (χ2n) is 3.17. The summed E-state index contributed by atoms with van der Waals surface area (Å²) in [5.74, 6) is 0.157. The summed E-state index contributed by atoms with van der Waals surface area (Å²) in [6.07, 6.45) is 0.735. The summed E-state index contributed by atoms with van der Waals surface area (Å²) < 4.78 is 6.62. The molecule has 0 atom stereocenters. The lowest BCUT2D eigenvalue weighted by Crippen LogP contribution is -2.14. The first kappa shape index (κ1) is 10.6. The SMILES string of the molecule is O=c1oc2cc(Cl)ccc2n1CCCCl. The van der Waals surface area contributed by atoms with Gasteiger partial charge in [-0.25, -0.2) is 4.79 Å². The maximum atomic E-state index is 11.5. The third kappa shape index (κ3) is 2.03. The van der Waals surface area contributed by atoms with Gasteiger partial charge in [-0.05, 0) is 18.6 Å². The molecule has 0 radical (unpaired) electrons. The second kappa shape index (κ2) is 4.29. The van der Waals surface area contributed by atoms with Crippen LogP contribution in [0, 0.1) is 0 Å². The Labute approximate surface area is 96.2 Å². The number of alkyl halides is 1. The maximum Gasteiger partial charge on any atom is 0.419 e. The molecule has 0 saturated heterocycles. The van der Waals surface area contributed by atoms with Crippen molar-refractivity contribution in [2.45, 2.75) is 13.0 Å². The van der Waals surface area contributed by atoms with Gasteiger partial charge in [-0.2, -0.15) is 0 Å².